The molecule has 1 unspecified atom stereocenters. The normalized spacial score (nSPS) is 18.1. The van der Waals surface area contributed by atoms with E-state index in [0.29, 0.717) is 32.0 Å². The Morgan fingerprint density at radius 1 is 1.06 bits per heavy atom. The molecule has 2 aromatic carbocycles. The number of morpholine rings is 1. The summed E-state index contributed by atoms with van der Waals surface area (Å²) < 4.78 is 38.0. The average Bonchev–Trinajstić information content (AvgIpc) is 2.80. The molecule has 1 heterocycles. The van der Waals surface area contributed by atoms with Gasteiger partial charge in [0.15, 0.2) is 6.10 Å². The molecule has 166 valence electrons. The highest BCUT2D eigenvalue weighted by Gasteiger charge is 2.26. The minimum atomic E-state index is -3.56. The molecule has 8 heteroatoms. The fourth-order valence-electron chi connectivity index (χ4n) is 3.99. The third-order valence-electron chi connectivity index (χ3n) is 5.76. The summed E-state index contributed by atoms with van der Waals surface area (Å²) in [6.45, 7) is 3.21. The fourth-order valence-corrected chi connectivity index (χ4v) is 5.40. The van der Waals surface area contributed by atoms with Crippen LogP contribution in [0.4, 0.5) is 5.69 Å². The zero-order chi connectivity index (χ0) is 21.8. The Labute approximate surface area is 183 Å². The van der Waals surface area contributed by atoms with E-state index < -0.39 is 16.1 Å². The van der Waals surface area contributed by atoms with Crippen molar-refractivity contribution in [3.05, 3.63) is 53.6 Å². The molecule has 2 aliphatic rings. The number of hydrogen-bond donors (Lipinski definition) is 1. The fraction of sp³-hybridized carbons (Fsp3) is 0.435. The summed E-state index contributed by atoms with van der Waals surface area (Å²) in [7, 11) is -3.56. The lowest BCUT2D eigenvalue weighted by atomic mass is 9.91. The molecule has 0 bridgehead atoms. The lowest BCUT2D eigenvalue weighted by Crippen LogP contribution is -2.40. The zero-order valence-electron chi connectivity index (χ0n) is 17.7. The van der Waals surface area contributed by atoms with E-state index in [4.69, 9.17) is 9.47 Å². The molecule has 0 saturated carbocycles. The van der Waals surface area contributed by atoms with Gasteiger partial charge in [-0.25, -0.2) is 8.42 Å². The summed E-state index contributed by atoms with van der Waals surface area (Å²) in [5.74, 6) is 0.490. The quantitative estimate of drug-likeness (QED) is 0.740. The van der Waals surface area contributed by atoms with E-state index in [1.165, 1.54) is 34.0 Å². The summed E-state index contributed by atoms with van der Waals surface area (Å²) in [5, 5.41) is 2.81. The summed E-state index contributed by atoms with van der Waals surface area (Å²) in [6.07, 6.45) is 3.66. The molecule has 1 N–H and O–H groups in total. The molecular formula is C23H28N2O5S. The van der Waals surface area contributed by atoms with Crippen LogP contribution in [0.5, 0.6) is 5.75 Å². The standard InChI is InChI=1S/C23H28N2O5S/c1-17(30-22-8-4-6-18-5-2-3-7-21(18)22)23(26)24-19-9-11-20(12-10-19)31(27,28)25-13-15-29-16-14-25/h4,6,8-12,17H,2-3,5,7,13-16H2,1H3,(H,24,26). The van der Waals surface area contributed by atoms with Crippen LogP contribution < -0.4 is 10.1 Å². The molecule has 1 aliphatic carbocycles. The van der Waals surface area contributed by atoms with Gasteiger partial charge in [-0.1, -0.05) is 12.1 Å². The second-order valence-electron chi connectivity index (χ2n) is 7.89. The van der Waals surface area contributed by atoms with Gasteiger partial charge in [0.05, 0.1) is 18.1 Å². The van der Waals surface area contributed by atoms with Gasteiger partial charge in [-0.2, -0.15) is 4.31 Å². The number of rotatable bonds is 6. The number of fused-ring (bicyclic) bond motifs is 1. The van der Waals surface area contributed by atoms with Gasteiger partial charge in [0.2, 0.25) is 10.0 Å². The van der Waals surface area contributed by atoms with E-state index in [2.05, 4.69) is 11.4 Å². The van der Waals surface area contributed by atoms with E-state index in [0.717, 1.165) is 25.0 Å². The number of aryl methyl sites for hydroxylation is 1. The van der Waals surface area contributed by atoms with Crippen LogP contribution in [-0.4, -0.2) is 51.0 Å². The molecule has 1 aliphatic heterocycles. The predicted octanol–water partition coefficient (Wildman–Crippen LogP) is 2.99. The Morgan fingerprint density at radius 2 is 1.77 bits per heavy atom. The van der Waals surface area contributed by atoms with Crippen LogP contribution in [0.25, 0.3) is 0 Å². The highest BCUT2D eigenvalue weighted by Crippen LogP contribution is 2.30. The first kappa shape index (κ1) is 21.8. The van der Waals surface area contributed by atoms with Gasteiger partial charge in [-0.15, -0.1) is 0 Å². The number of benzene rings is 2. The van der Waals surface area contributed by atoms with Gasteiger partial charge in [0.1, 0.15) is 5.75 Å². The Balaban J connectivity index is 1.39. The summed E-state index contributed by atoms with van der Waals surface area (Å²) >= 11 is 0. The van der Waals surface area contributed by atoms with Crippen LogP contribution in [-0.2, 0) is 32.4 Å². The number of nitrogens with one attached hydrogen (secondary N) is 1. The monoisotopic (exact) mass is 444 g/mol. The van der Waals surface area contributed by atoms with Crippen LogP contribution in [0.2, 0.25) is 0 Å². The molecule has 1 fully saturated rings. The van der Waals surface area contributed by atoms with E-state index in [1.54, 1.807) is 19.1 Å². The van der Waals surface area contributed by atoms with Gasteiger partial charge in [0, 0.05) is 18.8 Å². The Bertz CT molecular complexity index is 1030. The zero-order valence-corrected chi connectivity index (χ0v) is 18.5. The van der Waals surface area contributed by atoms with Crippen LogP contribution in [0.15, 0.2) is 47.4 Å². The number of anilines is 1. The number of nitrogens with zero attached hydrogens (tertiary/aromatic N) is 1. The molecule has 4 rings (SSSR count). The molecule has 0 spiro atoms. The maximum atomic E-state index is 12.7. The molecule has 1 saturated heterocycles. The van der Waals surface area contributed by atoms with Crippen molar-refractivity contribution in [2.45, 2.75) is 43.6 Å². The summed E-state index contributed by atoms with van der Waals surface area (Å²) in [4.78, 5) is 12.8. The van der Waals surface area contributed by atoms with Crippen molar-refractivity contribution in [2.75, 3.05) is 31.6 Å². The first-order valence-electron chi connectivity index (χ1n) is 10.7. The molecular weight excluding hydrogens is 416 g/mol. The number of amides is 1. The van der Waals surface area contributed by atoms with Crippen LogP contribution >= 0.6 is 0 Å². The number of sulfonamides is 1. The van der Waals surface area contributed by atoms with Gasteiger partial charge in [-0.05, 0) is 74.1 Å². The van der Waals surface area contributed by atoms with Gasteiger partial charge < -0.3 is 14.8 Å². The minimum Gasteiger partial charge on any atom is -0.481 e. The van der Waals surface area contributed by atoms with Crippen LogP contribution in [0, 0.1) is 0 Å². The third kappa shape index (κ3) is 4.92. The number of ether oxygens (including phenoxy) is 2. The maximum absolute atomic E-state index is 12.7. The molecule has 1 atom stereocenters. The van der Waals surface area contributed by atoms with E-state index >= 15 is 0 Å². The largest absolute Gasteiger partial charge is 0.481 e. The number of carbonyl (C=O) groups is 1. The first-order chi connectivity index (χ1) is 14.9. The molecule has 1 amide bonds. The second kappa shape index (κ2) is 9.38. The molecule has 0 aromatic heterocycles. The number of carbonyl (C=O) groups excluding carboxylic acids is 1. The van der Waals surface area contributed by atoms with E-state index in [1.807, 2.05) is 12.1 Å². The van der Waals surface area contributed by atoms with Gasteiger partial charge in [0.25, 0.3) is 5.91 Å². The summed E-state index contributed by atoms with van der Waals surface area (Å²) in [5.41, 5.74) is 3.02. The predicted molar refractivity (Wildman–Crippen MR) is 118 cm³/mol. The van der Waals surface area contributed by atoms with Crippen LogP contribution in [0.3, 0.4) is 0 Å². The van der Waals surface area contributed by atoms with E-state index in [-0.39, 0.29) is 10.8 Å². The van der Waals surface area contributed by atoms with Gasteiger partial charge in [-0.3, -0.25) is 4.79 Å². The van der Waals surface area contributed by atoms with Crippen molar-refractivity contribution >= 4 is 21.6 Å². The second-order valence-corrected chi connectivity index (χ2v) is 9.83. The molecule has 31 heavy (non-hydrogen) atoms. The smallest absolute Gasteiger partial charge is 0.265 e. The lowest BCUT2D eigenvalue weighted by molar-refractivity contribution is -0.122. The molecule has 0 radical (unpaired) electrons. The molecule has 7 nitrogen and oxygen atoms in total. The van der Waals surface area contributed by atoms with Crippen molar-refractivity contribution < 1.29 is 22.7 Å². The maximum Gasteiger partial charge on any atom is 0.265 e. The van der Waals surface area contributed by atoms with Crippen LogP contribution in [0.1, 0.15) is 30.9 Å². The Morgan fingerprint density at radius 3 is 2.52 bits per heavy atom. The molecule has 2 aromatic rings. The average molecular weight is 445 g/mol. The van der Waals surface area contributed by atoms with Crippen molar-refractivity contribution in [1.82, 2.24) is 4.31 Å². The topological polar surface area (TPSA) is 84.9 Å². The third-order valence-corrected chi connectivity index (χ3v) is 7.67. The first-order valence-corrected chi connectivity index (χ1v) is 12.2. The highest BCUT2D eigenvalue weighted by molar-refractivity contribution is 7.89. The lowest BCUT2D eigenvalue weighted by Gasteiger charge is -2.26. The minimum absolute atomic E-state index is 0.201. The van der Waals surface area contributed by atoms with Crippen molar-refractivity contribution in [2.24, 2.45) is 0 Å². The van der Waals surface area contributed by atoms with Crippen molar-refractivity contribution in [1.29, 1.82) is 0 Å². The SMILES string of the molecule is CC(Oc1cccc2c1CCCC2)C(=O)Nc1ccc(S(=O)(=O)N2CCOCC2)cc1. The Kier molecular flexibility index (Phi) is 6.60. The Hall–Kier alpha value is -2.42. The van der Waals surface area contributed by atoms with E-state index in [9.17, 15) is 13.2 Å². The highest BCUT2D eigenvalue weighted by atomic mass is 32.2. The van der Waals surface area contributed by atoms with Crippen molar-refractivity contribution in [3.8, 4) is 5.75 Å². The summed E-state index contributed by atoms with van der Waals surface area (Å²) in [6, 6.07) is 12.2. The number of hydrogen-bond acceptors (Lipinski definition) is 5. The van der Waals surface area contributed by atoms with Gasteiger partial charge >= 0.3 is 0 Å². The van der Waals surface area contributed by atoms with Crippen molar-refractivity contribution in [3.63, 3.8) is 0 Å².